The van der Waals surface area contributed by atoms with E-state index in [1.54, 1.807) is 18.3 Å². The van der Waals surface area contributed by atoms with E-state index < -0.39 is 0 Å². The Morgan fingerprint density at radius 3 is 2.90 bits per heavy atom. The van der Waals surface area contributed by atoms with E-state index in [1.807, 2.05) is 31.2 Å². The highest BCUT2D eigenvalue weighted by molar-refractivity contribution is 6.30. The number of rotatable bonds is 3. The summed E-state index contributed by atoms with van der Waals surface area (Å²) in [6.45, 7) is 2.54. The predicted molar refractivity (Wildman–Crippen MR) is 85.0 cm³/mol. The number of pyridine rings is 1. The average Bonchev–Trinajstić information content (AvgIpc) is 2.46. The Balaban J connectivity index is 1.88. The normalized spacial score (nSPS) is 10.8. The molecule has 1 aromatic carbocycles. The molecule has 5 heteroatoms. The van der Waals surface area contributed by atoms with Gasteiger partial charge in [-0.2, -0.15) is 0 Å². The summed E-state index contributed by atoms with van der Waals surface area (Å²) in [5, 5.41) is 3.78. The van der Waals surface area contributed by atoms with Gasteiger partial charge in [0.15, 0.2) is 0 Å². The third-order valence-corrected chi connectivity index (χ3v) is 3.39. The van der Waals surface area contributed by atoms with E-state index >= 15 is 0 Å². The van der Waals surface area contributed by atoms with Crippen LogP contribution in [0.3, 0.4) is 0 Å². The lowest BCUT2D eigenvalue weighted by Crippen LogP contribution is -2.16. The molecule has 3 aromatic rings. The van der Waals surface area contributed by atoms with E-state index in [0.717, 1.165) is 5.69 Å². The predicted octanol–water partition coefficient (Wildman–Crippen LogP) is 3.27. The first kappa shape index (κ1) is 13.6. The van der Waals surface area contributed by atoms with Crippen LogP contribution in [0.4, 0.5) is 5.69 Å². The maximum Gasteiger partial charge on any atom is 0.258 e. The van der Waals surface area contributed by atoms with Gasteiger partial charge in [0, 0.05) is 18.0 Å². The number of fused-ring (bicyclic) bond motifs is 1. The topological polar surface area (TPSA) is 46.4 Å². The van der Waals surface area contributed by atoms with Crippen LogP contribution >= 0.6 is 11.6 Å². The Morgan fingerprint density at radius 1 is 1.24 bits per heavy atom. The summed E-state index contributed by atoms with van der Waals surface area (Å²) in [4.78, 5) is 16.5. The highest BCUT2D eigenvalue weighted by Gasteiger charge is 2.03. The summed E-state index contributed by atoms with van der Waals surface area (Å²) in [5.41, 5.74) is 3.34. The lowest BCUT2D eigenvalue weighted by atomic mass is 10.2. The number of halogens is 1. The van der Waals surface area contributed by atoms with Crippen LogP contribution in [0.1, 0.15) is 11.3 Å². The molecule has 2 heterocycles. The van der Waals surface area contributed by atoms with Crippen LogP contribution in [-0.2, 0) is 6.54 Å². The molecular weight excluding hydrogens is 286 g/mol. The number of aryl methyl sites for hydroxylation is 1. The molecular formula is C16H14ClN3O. The molecule has 1 N–H and O–H groups in total. The zero-order valence-corrected chi connectivity index (χ0v) is 12.3. The van der Waals surface area contributed by atoms with Crippen LogP contribution in [-0.4, -0.2) is 9.38 Å². The third-order valence-electron chi connectivity index (χ3n) is 3.17. The van der Waals surface area contributed by atoms with Crippen molar-refractivity contribution in [2.24, 2.45) is 0 Å². The standard InChI is InChI=1S/C16H14ClN3O/c1-11-3-2-4-13(7-11)18-9-14-8-16(21)20-10-12(17)5-6-15(20)19-14/h2-8,10,18H,9H2,1H3. The van der Waals surface area contributed by atoms with Crippen LogP contribution in [0.25, 0.3) is 5.65 Å². The van der Waals surface area contributed by atoms with Gasteiger partial charge in [-0.3, -0.25) is 9.20 Å². The Labute approximate surface area is 127 Å². The average molecular weight is 300 g/mol. The van der Waals surface area contributed by atoms with Gasteiger partial charge >= 0.3 is 0 Å². The highest BCUT2D eigenvalue weighted by atomic mass is 35.5. The molecule has 0 radical (unpaired) electrons. The van der Waals surface area contributed by atoms with Crippen LogP contribution in [0, 0.1) is 6.92 Å². The van der Waals surface area contributed by atoms with Crippen molar-refractivity contribution in [3.05, 3.63) is 75.3 Å². The molecule has 0 spiro atoms. The summed E-state index contributed by atoms with van der Waals surface area (Å²) < 4.78 is 1.44. The number of nitrogens with zero attached hydrogens (tertiary/aromatic N) is 2. The van der Waals surface area contributed by atoms with Crippen molar-refractivity contribution in [1.82, 2.24) is 9.38 Å². The molecule has 4 nitrogen and oxygen atoms in total. The zero-order valence-electron chi connectivity index (χ0n) is 11.5. The monoisotopic (exact) mass is 299 g/mol. The smallest absolute Gasteiger partial charge is 0.258 e. The zero-order chi connectivity index (χ0) is 14.8. The molecule has 21 heavy (non-hydrogen) atoms. The lowest BCUT2D eigenvalue weighted by Gasteiger charge is -2.08. The Hall–Kier alpha value is -2.33. The van der Waals surface area contributed by atoms with E-state index in [4.69, 9.17) is 11.6 Å². The number of hydrogen-bond donors (Lipinski definition) is 1. The molecule has 0 bridgehead atoms. The second-order valence-corrected chi connectivity index (χ2v) is 5.32. The van der Waals surface area contributed by atoms with Crippen molar-refractivity contribution in [2.75, 3.05) is 5.32 Å². The molecule has 106 valence electrons. The van der Waals surface area contributed by atoms with Crippen molar-refractivity contribution in [1.29, 1.82) is 0 Å². The first-order valence-electron chi connectivity index (χ1n) is 6.60. The third kappa shape index (κ3) is 3.06. The summed E-state index contributed by atoms with van der Waals surface area (Å²) in [7, 11) is 0. The fraction of sp³-hybridized carbons (Fsp3) is 0.125. The van der Waals surface area contributed by atoms with Gasteiger partial charge in [0.1, 0.15) is 5.65 Å². The minimum atomic E-state index is -0.136. The van der Waals surface area contributed by atoms with Gasteiger partial charge in [-0.1, -0.05) is 23.7 Å². The van der Waals surface area contributed by atoms with Gasteiger partial charge in [0.05, 0.1) is 17.3 Å². The van der Waals surface area contributed by atoms with E-state index in [0.29, 0.717) is 22.9 Å². The van der Waals surface area contributed by atoms with Gasteiger partial charge < -0.3 is 5.32 Å². The number of anilines is 1. The van der Waals surface area contributed by atoms with Gasteiger partial charge in [0.2, 0.25) is 0 Å². The molecule has 0 atom stereocenters. The largest absolute Gasteiger partial charge is 0.379 e. The first-order chi connectivity index (χ1) is 10.1. The minimum absolute atomic E-state index is 0.136. The molecule has 2 aromatic heterocycles. The summed E-state index contributed by atoms with van der Waals surface area (Å²) in [6.07, 6.45) is 1.57. The minimum Gasteiger partial charge on any atom is -0.379 e. The second-order valence-electron chi connectivity index (χ2n) is 4.88. The van der Waals surface area contributed by atoms with E-state index in [1.165, 1.54) is 16.0 Å². The molecule has 3 rings (SSSR count). The van der Waals surface area contributed by atoms with Crippen LogP contribution in [0.2, 0.25) is 5.02 Å². The Bertz CT molecular complexity index is 858. The van der Waals surface area contributed by atoms with E-state index in [-0.39, 0.29) is 5.56 Å². The fourth-order valence-corrected chi connectivity index (χ4v) is 2.32. The van der Waals surface area contributed by atoms with Gasteiger partial charge in [-0.05, 0) is 36.8 Å². The van der Waals surface area contributed by atoms with Crippen LogP contribution in [0.5, 0.6) is 0 Å². The van der Waals surface area contributed by atoms with Crippen LogP contribution < -0.4 is 10.9 Å². The van der Waals surface area contributed by atoms with Gasteiger partial charge in [0.25, 0.3) is 5.56 Å². The maximum absolute atomic E-state index is 12.1. The van der Waals surface area contributed by atoms with E-state index in [9.17, 15) is 4.79 Å². The number of nitrogens with one attached hydrogen (secondary N) is 1. The van der Waals surface area contributed by atoms with Gasteiger partial charge in [-0.15, -0.1) is 0 Å². The first-order valence-corrected chi connectivity index (χ1v) is 6.98. The molecule has 0 unspecified atom stereocenters. The van der Waals surface area contributed by atoms with Crippen molar-refractivity contribution in [3.8, 4) is 0 Å². The number of aromatic nitrogens is 2. The molecule has 0 aliphatic carbocycles. The second kappa shape index (κ2) is 5.58. The molecule has 0 fully saturated rings. The highest BCUT2D eigenvalue weighted by Crippen LogP contribution is 2.11. The Morgan fingerprint density at radius 2 is 2.10 bits per heavy atom. The lowest BCUT2D eigenvalue weighted by molar-refractivity contribution is 0.971. The SMILES string of the molecule is Cc1cccc(NCc2cc(=O)n3cc(Cl)ccc3n2)c1. The number of hydrogen-bond acceptors (Lipinski definition) is 3. The van der Waals surface area contributed by atoms with Gasteiger partial charge in [-0.25, -0.2) is 4.98 Å². The van der Waals surface area contributed by atoms with Crippen molar-refractivity contribution in [3.63, 3.8) is 0 Å². The molecule has 0 saturated heterocycles. The van der Waals surface area contributed by atoms with Crippen molar-refractivity contribution >= 4 is 22.9 Å². The fourth-order valence-electron chi connectivity index (χ4n) is 2.16. The van der Waals surface area contributed by atoms with Crippen LogP contribution in [0.15, 0.2) is 53.5 Å². The number of benzene rings is 1. The van der Waals surface area contributed by atoms with Crippen molar-refractivity contribution < 1.29 is 0 Å². The maximum atomic E-state index is 12.1. The molecule has 0 aliphatic heterocycles. The quantitative estimate of drug-likeness (QED) is 0.807. The summed E-state index contributed by atoms with van der Waals surface area (Å²) in [5.74, 6) is 0. The molecule has 0 amide bonds. The van der Waals surface area contributed by atoms with Crippen molar-refractivity contribution in [2.45, 2.75) is 13.5 Å². The summed E-state index contributed by atoms with van der Waals surface area (Å²) >= 11 is 5.89. The van der Waals surface area contributed by atoms with E-state index in [2.05, 4.69) is 10.3 Å². The molecule has 0 saturated carbocycles. The molecule has 0 aliphatic rings. The summed E-state index contributed by atoms with van der Waals surface area (Å²) in [6, 6.07) is 13.0. The Kier molecular flexibility index (Phi) is 3.62.